The predicted octanol–water partition coefficient (Wildman–Crippen LogP) is 1.81. The monoisotopic (exact) mass is 451 g/mol. The van der Waals surface area contributed by atoms with E-state index in [4.69, 9.17) is 19.4 Å². The molecule has 2 aliphatic heterocycles. The predicted molar refractivity (Wildman–Crippen MR) is 100 cm³/mol. The van der Waals surface area contributed by atoms with Crippen LogP contribution >= 0.6 is 0 Å². The Bertz CT molecular complexity index is 762. The molecule has 1 atom stereocenters. The van der Waals surface area contributed by atoms with Gasteiger partial charge in [0.2, 0.25) is 5.95 Å². The Morgan fingerprint density at radius 2 is 1.97 bits per heavy atom. The maximum absolute atomic E-state index is 13.3. The minimum atomic E-state index is -5.08. The van der Waals surface area contributed by atoms with Gasteiger partial charge in [0.1, 0.15) is 5.60 Å². The molecule has 0 bridgehead atoms. The summed E-state index contributed by atoms with van der Waals surface area (Å²) in [7, 11) is 0. The van der Waals surface area contributed by atoms with Gasteiger partial charge in [0.15, 0.2) is 0 Å². The van der Waals surface area contributed by atoms with Gasteiger partial charge in [-0.3, -0.25) is 9.69 Å². The van der Waals surface area contributed by atoms with Crippen molar-refractivity contribution in [3.8, 4) is 0 Å². The number of carbonyl (C=O) groups is 2. The Hall–Kier alpha value is -2.31. The van der Waals surface area contributed by atoms with Crippen LogP contribution in [0.15, 0.2) is 18.3 Å². The van der Waals surface area contributed by atoms with Gasteiger partial charge >= 0.3 is 12.1 Å². The number of nitrogens with zero attached hydrogens (tertiary/aromatic N) is 3. The molecule has 0 aromatic carbocycles. The topological polar surface area (TPSA) is 92.2 Å². The van der Waals surface area contributed by atoms with Crippen molar-refractivity contribution in [2.45, 2.75) is 25.1 Å². The average molecular weight is 451 g/mol. The number of rotatable bonds is 3. The highest BCUT2D eigenvalue weighted by Crippen LogP contribution is 2.24. The van der Waals surface area contributed by atoms with E-state index in [2.05, 4.69) is 16.8 Å². The van der Waals surface area contributed by atoms with Gasteiger partial charge in [-0.2, -0.15) is 17.6 Å². The van der Waals surface area contributed by atoms with E-state index >= 15 is 0 Å². The Morgan fingerprint density at radius 3 is 2.58 bits per heavy atom. The molecule has 1 spiro atoms. The molecule has 2 saturated heterocycles. The summed E-state index contributed by atoms with van der Waals surface area (Å²) in [5.74, 6) is -3.62. The molecule has 0 aliphatic carbocycles. The van der Waals surface area contributed by atoms with E-state index < -0.39 is 23.7 Å². The first-order valence-electron chi connectivity index (χ1n) is 9.71. The van der Waals surface area contributed by atoms with Gasteiger partial charge in [0.05, 0.1) is 26.4 Å². The third-order valence-corrected chi connectivity index (χ3v) is 4.72. The Kier molecular flexibility index (Phi) is 8.71. The van der Waals surface area contributed by atoms with Crippen LogP contribution in [0.4, 0.5) is 17.6 Å². The molecular weight excluding hydrogens is 426 g/mol. The van der Waals surface area contributed by atoms with Gasteiger partial charge < -0.3 is 19.5 Å². The molecule has 12 heteroatoms. The summed E-state index contributed by atoms with van der Waals surface area (Å²) in [5.41, 5.74) is -0.203. The molecule has 1 amide bonds. The molecular formula is C19H25F4N3O5. The summed E-state index contributed by atoms with van der Waals surface area (Å²) in [5, 5.41) is 7.12. The van der Waals surface area contributed by atoms with Crippen LogP contribution in [0.25, 0.3) is 0 Å². The summed E-state index contributed by atoms with van der Waals surface area (Å²) >= 11 is 0. The highest BCUT2D eigenvalue weighted by Gasteiger charge is 2.41. The second kappa shape index (κ2) is 10.8. The summed E-state index contributed by atoms with van der Waals surface area (Å²) in [6, 6.07) is 2.71. The van der Waals surface area contributed by atoms with E-state index in [-0.39, 0.29) is 5.91 Å². The number of hydrogen-bond acceptors (Lipinski definition) is 6. The molecule has 1 aromatic heterocycles. The number of aromatic nitrogens is 1. The molecule has 2 fully saturated rings. The van der Waals surface area contributed by atoms with Crippen molar-refractivity contribution >= 4 is 11.9 Å². The second-order valence-electron chi connectivity index (χ2n) is 7.26. The Balaban J connectivity index is 0.000000423. The fourth-order valence-corrected chi connectivity index (χ4v) is 3.41. The first-order valence-corrected chi connectivity index (χ1v) is 9.71. The number of aliphatic carboxylic acids is 1. The molecule has 3 rings (SSSR count). The number of carboxylic acids is 1. The normalized spacial score (nSPS) is 22.4. The van der Waals surface area contributed by atoms with Crippen LogP contribution in [-0.4, -0.2) is 96.1 Å². The standard InChI is InChI=1S/C17H24FN3O3.C2HF3O2/c1-2-5-20-6-9-24-17(11-20)12-21(7-8-23-13-17)16(22)14-3-4-19-15(18)10-14;3-2(4,5)1(6)7/h3-4,10H,2,5-9,11-13H2,1H3;(H,6,7). The maximum atomic E-state index is 13.3. The Labute approximate surface area is 176 Å². The molecule has 1 aromatic rings. The lowest BCUT2D eigenvalue weighted by Gasteiger charge is -2.43. The first-order chi connectivity index (χ1) is 14.6. The molecule has 0 radical (unpaired) electrons. The van der Waals surface area contributed by atoms with Crippen LogP contribution in [0.1, 0.15) is 23.7 Å². The minimum Gasteiger partial charge on any atom is -0.475 e. The third kappa shape index (κ3) is 7.40. The molecule has 1 unspecified atom stereocenters. The fourth-order valence-electron chi connectivity index (χ4n) is 3.41. The summed E-state index contributed by atoms with van der Waals surface area (Å²) in [6.45, 7) is 7.30. The molecule has 174 valence electrons. The van der Waals surface area contributed by atoms with E-state index in [0.29, 0.717) is 38.5 Å². The highest BCUT2D eigenvalue weighted by molar-refractivity contribution is 5.94. The lowest BCUT2D eigenvalue weighted by atomic mass is 10.0. The SMILES string of the molecule is CCCN1CCOC2(COCCN(C(=O)c3ccnc(F)c3)C2)C1.O=C(O)C(F)(F)F. The van der Waals surface area contributed by atoms with Crippen LogP contribution in [0, 0.1) is 5.95 Å². The van der Waals surface area contributed by atoms with Crippen molar-refractivity contribution in [2.24, 2.45) is 0 Å². The fraction of sp³-hybridized carbons (Fsp3) is 0.632. The summed E-state index contributed by atoms with van der Waals surface area (Å²) in [6.07, 6.45) is -2.69. The Morgan fingerprint density at radius 1 is 1.26 bits per heavy atom. The number of ether oxygens (including phenoxy) is 2. The van der Waals surface area contributed by atoms with Crippen LogP contribution in [-0.2, 0) is 14.3 Å². The van der Waals surface area contributed by atoms with Crippen LogP contribution in [0.2, 0.25) is 0 Å². The lowest BCUT2D eigenvalue weighted by molar-refractivity contribution is -0.192. The number of halogens is 4. The van der Waals surface area contributed by atoms with Crippen molar-refractivity contribution in [2.75, 3.05) is 52.5 Å². The minimum absolute atomic E-state index is 0.211. The molecule has 0 saturated carbocycles. The van der Waals surface area contributed by atoms with Crippen molar-refractivity contribution in [3.05, 3.63) is 29.8 Å². The highest BCUT2D eigenvalue weighted by atomic mass is 19.4. The number of hydrogen-bond donors (Lipinski definition) is 1. The first kappa shape index (κ1) is 25.0. The molecule has 3 heterocycles. The molecule has 8 nitrogen and oxygen atoms in total. The number of morpholine rings is 1. The zero-order chi connectivity index (χ0) is 23.1. The van der Waals surface area contributed by atoms with Crippen molar-refractivity contribution in [3.63, 3.8) is 0 Å². The van der Waals surface area contributed by atoms with Gasteiger partial charge in [-0.25, -0.2) is 9.78 Å². The molecule has 2 aliphatic rings. The average Bonchev–Trinajstić information content (AvgIpc) is 2.90. The van der Waals surface area contributed by atoms with Gasteiger partial charge in [0.25, 0.3) is 5.91 Å². The number of pyridine rings is 1. The lowest BCUT2D eigenvalue weighted by Crippen LogP contribution is -2.59. The second-order valence-corrected chi connectivity index (χ2v) is 7.26. The van der Waals surface area contributed by atoms with E-state index in [0.717, 1.165) is 26.1 Å². The van der Waals surface area contributed by atoms with Crippen LogP contribution in [0.5, 0.6) is 0 Å². The zero-order valence-corrected chi connectivity index (χ0v) is 17.0. The number of amides is 1. The van der Waals surface area contributed by atoms with E-state index in [1.807, 2.05) is 0 Å². The zero-order valence-electron chi connectivity index (χ0n) is 17.0. The largest absolute Gasteiger partial charge is 0.490 e. The smallest absolute Gasteiger partial charge is 0.475 e. The van der Waals surface area contributed by atoms with Gasteiger partial charge in [0, 0.05) is 37.5 Å². The van der Waals surface area contributed by atoms with Crippen LogP contribution < -0.4 is 0 Å². The van der Waals surface area contributed by atoms with E-state index in [1.54, 1.807) is 4.90 Å². The summed E-state index contributed by atoms with van der Waals surface area (Å²) in [4.78, 5) is 29.2. The van der Waals surface area contributed by atoms with Crippen molar-refractivity contribution < 1.29 is 41.7 Å². The quantitative estimate of drug-likeness (QED) is 0.554. The van der Waals surface area contributed by atoms with Crippen molar-refractivity contribution in [1.29, 1.82) is 0 Å². The van der Waals surface area contributed by atoms with Gasteiger partial charge in [-0.1, -0.05) is 6.92 Å². The third-order valence-electron chi connectivity index (χ3n) is 4.72. The number of carbonyl (C=O) groups excluding carboxylic acids is 1. The van der Waals surface area contributed by atoms with Crippen LogP contribution in [0.3, 0.4) is 0 Å². The molecule has 31 heavy (non-hydrogen) atoms. The number of alkyl halides is 3. The molecule has 1 N–H and O–H groups in total. The summed E-state index contributed by atoms with van der Waals surface area (Å²) < 4.78 is 56.8. The number of carboxylic acid groups (broad SMARTS) is 1. The maximum Gasteiger partial charge on any atom is 0.490 e. The van der Waals surface area contributed by atoms with Gasteiger partial charge in [-0.15, -0.1) is 0 Å². The van der Waals surface area contributed by atoms with Crippen molar-refractivity contribution in [1.82, 2.24) is 14.8 Å². The van der Waals surface area contributed by atoms with Gasteiger partial charge in [-0.05, 0) is 19.0 Å². The van der Waals surface area contributed by atoms with E-state index in [1.165, 1.54) is 18.3 Å². The van der Waals surface area contributed by atoms with E-state index in [9.17, 15) is 22.4 Å².